The Hall–Kier alpha value is -3.91. The first-order valence-electron chi connectivity index (χ1n) is 12.3. The van der Waals surface area contributed by atoms with Crippen LogP contribution < -0.4 is 10.1 Å². The summed E-state index contributed by atoms with van der Waals surface area (Å²) >= 11 is 1.30. The van der Waals surface area contributed by atoms with Crippen LogP contribution in [0.4, 0.5) is 5.69 Å². The zero-order chi connectivity index (χ0) is 25.8. The number of hydrogen-bond acceptors (Lipinski definition) is 6. The van der Waals surface area contributed by atoms with E-state index >= 15 is 0 Å². The van der Waals surface area contributed by atoms with Crippen LogP contribution in [0.15, 0.2) is 89.0 Å². The van der Waals surface area contributed by atoms with Crippen molar-refractivity contribution in [2.75, 3.05) is 11.9 Å². The van der Waals surface area contributed by atoms with Crippen molar-refractivity contribution in [2.45, 2.75) is 38.0 Å². The summed E-state index contributed by atoms with van der Waals surface area (Å²) in [5, 5.41) is 9.54. The van der Waals surface area contributed by atoms with Crippen molar-refractivity contribution in [3.8, 4) is 5.75 Å². The predicted molar refractivity (Wildman–Crippen MR) is 148 cm³/mol. The number of aryl methyl sites for hydroxylation is 1. The van der Waals surface area contributed by atoms with Gasteiger partial charge in [-0.2, -0.15) is 10.1 Å². The SMILES string of the molecule is CCOc1ccc(NC(=O)C[C@@H]2SC(N3N=C(c4ccccc4)C[C@H]3c3ccc(C)cc3)=NC2=O)cc1. The van der Waals surface area contributed by atoms with Gasteiger partial charge in [-0.1, -0.05) is 71.9 Å². The van der Waals surface area contributed by atoms with E-state index in [4.69, 9.17) is 9.84 Å². The second-order valence-electron chi connectivity index (χ2n) is 8.94. The first-order valence-corrected chi connectivity index (χ1v) is 13.2. The smallest absolute Gasteiger partial charge is 0.262 e. The van der Waals surface area contributed by atoms with E-state index in [-0.39, 0.29) is 24.3 Å². The fourth-order valence-corrected chi connectivity index (χ4v) is 5.39. The molecule has 0 radical (unpaired) electrons. The van der Waals surface area contributed by atoms with E-state index in [1.54, 1.807) is 24.3 Å². The molecule has 2 aliphatic heterocycles. The lowest BCUT2D eigenvalue weighted by Crippen LogP contribution is -2.25. The summed E-state index contributed by atoms with van der Waals surface area (Å²) in [5.41, 5.74) is 4.93. The van der Waals surface area contributed by atoms with Gasteiger partial charge in [-0.15, -0.1) is 0 Å². The number of amides is 2. The van der Waals surface area contributed by atoms with Gasteiger partial charge in [0.2, 0.25) is 5.91 Å². The van der Waals surface area contributed by atoms with Crippen LogP contribution in [0.25, 0.3) is 0 Å². The molecule has 0 aliphatic carbocycles. The molecule has 5 rings (SSSR count). The molecule has 8 heteroatoms. The van der Waals surface area contributed by atoms with Crippen LogP contribution in [0.1, 0.15) is 42.5 Å². The van der Waals surface area contributed by atoms with Crippen molar-refractivity contribution >= 4 is 40.1 Å². The second-order valence-corrected chi connectivity index (χ2v) is 10.1. The number of hydrogen-bond donors (Lipinski definition) is 1. The lowest BCUT2D eigenvalue weighted by molar-refractivity contribution is -0.121. The molecule has 0 unspecified atom stereocenters. The largest absolute Gasteiger partial charge is 0.494 e. The highest BCUT2D eigenvalue weighted by Crippen LogP contribution is 2.38. The van der Waals surface area contributed by atoms with Crippen LogP contribution in [-0.2, 0) is 9.59 Å². The highest BCUT2D eigenvalue weighted by molar-refractivity contribution is 8.15. The third kappa shape index (κ3) is 5.75. The van der Waals surface area contributed by atoms with Crippen LogP contribution >= 0.6 is 11.8 Å². The van der Waals surface area contributed by atoms with Crippen LogP contribution in [0.5, 0.6) is 5.75 Å². The quantitative estimate of drug-likeness (QED) is 0.447. The van der Waals surface area contributed by atoms with E-state index in [1.165, 1.54) is 17.3 Å². The number of amidine groups is 1. The topological polar surface area (TPSA) is 83.4 Å². The van der Waals surface area contributed by atoms with Gasteiger partial charge < -0.3 is 10.1 Å². The third-order valence-electron chi connectivity index (χ3n) is 6.22. The number of rotatable bonds is 7. The van der Waals surface area contributed by atoms with Crippen molar-refractivity contribution in [1.82, 2.24) is 5.01 Å². The van der Waals surface area contributed by atoms with Gasteiger partial charge in [0.15, 0.2) is 5.17 Å². The normalized spacial score (nSPS) is 19.0. The molecule has 3 aromatic carbocycles. The molecular formula is C29H28N4O3S. The summed E-state index contributed by atoms with van der Waals surface area (Å²) in [5.74, 6) is 0.188. The van der Waals surface area contributed by atoms with Gasteiger partial charge in [0.05, 0.1) is 18.4 Å². The monoisotopic (exact) mass is 512 g/mol. The number of aliphatic imine (C=N–C) groups is 1. The number of hydrazone groups is 1. The fraction of sp³-hybridized carbons (Fsp3) is 0.241. The molecule has 0 bridgehead atoms. The Labute approximate surface area is 220 Å². The molecule has 0 aromatic heterocycles. The summed E-state index contributed by atoms with van der Waals surface area (Å²) in [6.07, 6.45) is 0.728. The first kappa shape index (κ1) is 24.8. The minimum atomic E-state index is -0.590. The van der Waals surface area contributed by atoms with Crippen LogP contribution in [-0.4, -0.2) is 39.6 Å². The summed E-state index contributed by atoms with van der Waals surface area (Å²) < 4.78 is 5.44. The third-order valence-corrected chi connectivity index (χ3v) is 7.37. The van der Waals surface area contributed by atoms with E-state index < -0.39 is 5.25 Å². The zero-order valence-corrected chi connectivity index (χ0v) is 21.6. The molecule has 1 N–H and O–H groups in total. The number of thioether (sulfide) groups is 1. The van der Waals surface area contributed by atoms with Crippen molar-refractivity contribution < 1.29 is 14.3 Å². The molecule has 0 saturated heterocycles. The molecule has 3 aromatic rings. The number of nitrogens with zero attached hydrogens (tertiary/aromatic N) is 3. The van der Waals surface area contributed by atoms with Gasteiger partial charge >= 0.3 is 0 Å². The number of carbonyl (C=O) groups excluding carboxylic acids is 2. The van der Waals surface area contributed by atoms with Gasteiger partial charge in [-0.3, -0.25) is 9.59 Å². The zero-order valence-electron chi connectivity index (χ0n) is 20.8. The molecule has 0 spiro atoms. The second kappa shape index (κ2) is 11.0. The summed E-state index contributed by atoms with van der Waals surface area (Å²) in [6, 6.07) is 25.5. The van der Waals surface area contributed by atoms with Crippen LogP contribution in [0, 0.1) is 6.92 Å². The molecule has 2 heterocycles. The summed E-state index contributed by atoms with van der Waals surface area (Å²) in [7, 11) is 0. The number of ether oxygens (including phenoxy) is 1. The van der Waals surface area contributed by atoms with E-state index in [1.807, 2.05) is 42.3 Å². The number of benzene rings is 3. The fourth-order valence-electron chi connectivity index (χ4n) is 4.33. The standard InChI is InChI=1S/C29H28N4O3S/c1-3-36-23-15-13-22(14-16-23)30-27(34)18-26-28(35)31-29(37-26)33-25(21-11-9-19(2)10-12-21)17-24(32-33)20-7-5-4-6-8-20/h4-16,25-26H,3,17-18H2,1-2H3,(H,30,34)/t25-,26-/m0/s1. The molecular weight excluding hydrogens is 484 g/mol. The van der Waals surface area contributed by atoms with Gasteiger partial charge in [-0.05, 0) is 49.2 Å². The van der Waals surface area contributed by atoms with Gasteiger partial charge in [0.1, 0.15) is 11.0 Å². The Bertz CT molecular complexity index is 1340. The summed E-state index contributed by atoms with van der Waals surface area (Å²) in [6.45, 7) is 4.55. The Kier molecular flexibility index (Phi) is 7.37. The molecule has 0 fully saturated rings. The van der Waals surface area contributed by atoms with Crippen molar-refractivity contribution in [3.05, 3.63) is 95.6 Å². The Morgan fingerprint density at radius 1 is 1.05 bits per heavy atom. The van der Waals surface area contributed by atoms with Crippen molar-refractivity contribution in [3.63, 3.8) is 0 Å². The number of carbonyl (C=O) groups is 2. The summed E-state index contributed by atoms with van der Waals surface area (Å²) in [4.78, 5) is 29.8. The maximum absolute atomic E-state index is 12.8. The van der Waals surface area contributed by atoms with Gasteiger partial charge in [0.25, 0.3) is 5.91 Å². The maximum atomic E-state index is 12.8. The average molecular weight is 513 g/mol. The van der Waals surface area contributed by atoms with Crippen LogP contribution in [0.3, 0.4) is 0 Å². The Morgan fingerprint density at radius 3 is 2.49 bits per heavy atom. The molecule has 7 nitrogen and oxygen atoms in total. The van der Waals surface area contributed by atoms with Gasteiger partial charge in [0, 0.05) is 18.5 Å². The van der Waals surface area contributed by atoms with E-state index in [2.05, 4.69) is 41.5 Å². The molecule has 2 aliphatic rings. The maximum Gasteiger partial charge on any atom is 0.262 e. The van der Waals surface area contributed by atoms with E-state index in [9.17, 15) is 9.59 Å². The number of nitrogens with one attached hydrogen (secondary N) is 1. The van der Waals surface area contributed by atoms with Crippen molar-refractivity contribution in [1.29, 1.82) is 0 Å². The minimum absolute atomic E-state index is 0.0298. The first-order chi connectivity index (χ1) is 18.0. The lowest BCUT2D eigenvalue weighted by atomic mass is 9.98. The average Bonchev–Trinajstić information content (AvgIpc) is 3.50. The van der Waals surface area contributed by atoms with E-state index in [0.29, 0.717) is 23.9 Å². The molecule has 2 amide bonds. The van der Waals surface area contributed by atoms with Crippen LogP contribution in [0.2, 0.25) is 0 Å². The molecule has 188 valence electrons. The predicted octanol–water partition coefficient (Wildman–Crippen LogP) is 5.57. The molecule has 37 heavy (non-hydrogen) atoms. The highest BCUT2D eigenvalue weighted by atomic mass is 32.2. The van der Waals surface area contributed by atoms with Gasteiger partial charge in [-0.25, -0.2) is 5.01 Å². The Morgan fingerprint density at radius 2 is 1.78 bits per heavy atom. The minimum Gasteiger partial charge on any atom is -0.494 e. The van der Waals surface area contributed by atoms with Crippen molar-refractivity contribution in [2.24, 2.45) is 10.1 Å². The van der Waals surface area contributed by atoms with E-state index in [0.717, 1.165) is 22.6 Å². The molecule has 2 atom stereocenters. The molecule has 0 saturated carbocycles. The number of anilines is 1. The lowest BCUT2D eigenvalue weighted by Gasteiger charge is -2.23. The Balaban J connectivity index is 1.30. The highest BCUT2D eigenvalue weighted by Gasteiger charge is 2.39.